The van der Waals surface area contributed by atoms with Crippen LogP contribution in [0.5, 0.6) is 0 Å². The molecule has 0 spiro atoms. The van der Waals surface area contributed by atoms with Gasteiger partial charge in [-0.3, -0.25) is 9.82 Å². The Morgan fingerprint density at radius 1 is 0.969 bits per heavy atom. The topological polar surface area (TPSA) is 113 Å². The molecule has 4 rings (SSSR count). The first-order valence-corrected chi connectivity index (χ1v) is 12.4. The van der Waals surface area contributed by atoms with Crippen molar-refractivity contribution in [3.8, 4) is 11.3 Å². The van der Waals surface area contributed by atoms with Gasteiger partial charge in [-0.15, -0.1) is 0 Å². The van der Waals surface area contributed by atoms with Gasteiger partial charge in [0.1, 0.15) is 5.82 Å². The van der Waals surface area contributed by atoms with Crippen LogP contribution in [0.25, 0.3) is 11.3 Å². The van der Waals surface area contributed by atoms with Crippen molar-refractivity contribution in [2.45, 2.75) is 23.9 Å². The smallest absolute Gasteiger partial charge is 0.232 e. The zero-order valence-corrected chi connectivity index (χ0v) is 19.2. The Kier molecular flexibility index (Phi) is 6.42. The Bertz CT molecular complexity index is 1310. The van der Waals surface area contributed by atoms with Gasteiger partial charge in [0.15, 0.2) is 11.0 Å². The summed E-state index contributed by atoms with van der Waals surface area (Å²) in [5.41, 5.74) is 3.22. The molecule has 0 saturated heterocycles. The lowest BCUT2D eigenvalue weighted by Gasteiger charge is -2.10. The number of rotatable bonds is 8. The summed E-state index contributed by atoms with van der Waals surface area (Å²) in [5.74, 6) is 1.32. The van der Waals surface area contributed by atoms with Crippen LogP contribution in [-0.4, -0.2) is 34.3 Å². The van der Waals surface area contributed by atoms with E-state index in [1.54, 1.807) is 19.1 Å². The van der Waals surface area contributed by atoms with Crippen molar-refractivity contribution >= 4 is 39.1 Å². The molecular formula is C22H22N6O2S2. The largest absolute Gasteiger partial charge is 0.323 e. The molecule has 0 bridgehead atoms. The minimum absolute atomic E-state index is 0.0227. The summed E-state index contributed by atoms with van der Waals surface area (Å²) >= 11 is 1.39. The number of H-pyrrole nitrogens is 1. The summed E-state index contributed by atoms with van der Waals surface area (Å²) in [6.45, 7) is 3.53. The van der Waals surface area contributed by atoms with Gasteiger partial charge < -0.3 is 5.32 Å². The zero-order valence-electron chi connectivity index (χ0n) is 17.5. The van der Waals surface area contributed by atoms with E-state index in [0.717, 1.165) is 21.8 Å². The Morgan fingerprint density at radius 3 is 2.38 bits per heavy atom. The Hall–Kier alpha value is -3.37. The number of nitrogens with zero attached hydrogens (tertiary/aromatic N) is 3. The van der Waals surface area contributed by atoms with Crippen LogP contribution in [0.2, 0.25) is 0 Å². The summed E-state index contributed by atoms with van der Waals surface area (Å²) in [5, 5.41) is 10.9. The molecule has 164 valence electrons. The minimum Gasteiger partial charge on any atom is -0.323 e. The maximum atomic E-state index is 11.8. The fourth-order valence-corrected chi connectivity index (χ4v) is 4.26. The number of anilines is 3. The molecule has 0 saturated carbocycles. The van der Waals surface area contributed by atoms with Crippen LogP contribution in [0.1, 0.15) is 12.6 Å². The highest BCUT2D eigenvalue weighted by Gasteiger charge is 2.11. The van der Waals surface area contributed by atoms with Gasteiger partial charge in [-0.1, -0.05) is 30.3 Å². The van der Waals surface area contributed by atoms with Gasteiger partial charge in [0, 0.05) is 34.0 Å². The van der Waals surface area contributed by atoms with Crippen molar-refractivity contribution in [2.24, 2.45) is 0 Å². The van der Waals surface area contributed by atoms with Crippen molar-refractivity contribution in [1.82, 2.24) is 20.2 Å². The lowest BCUT2D eigenvalue weighted by atomic mass is 10.1. The predicted molar refractivity (Wildman–Crippen MR) is 128 cm³/mol. The molecule has 3 N–H and O–H groups in total. The molecule has 0 aliphatic carbocycles. The van der Waals surface area contributed by atoms with Crippen LogP contribution in [0, 0.1) is 6.92 Å². The average Bonchev–Trinajstić information content (AvgIpc) is 3.20. The molecule has 0 radical (unpaired) electrons. The first-order valence-electron chi connectivity index (χ1n) is 9.92. The molecule has 2 heterocycles. The van der Waals surface area contributed by atoms with Crippen LogP contribution in [0.4, 0.5) is 17.3 Å². The van der Waals surface area contributed by atoms with E-state index in [-0.39, 0.29) is 5.75 Å². The fraction of sp³-hybridized carbons (Fsp3) is 0.136. The monoisotopic (exact) mass is 466 g/mol. The van der Waals surface area contributed by atoms with E-state index in [9.17, 15) is 8.42 Å². The molecule has 0 aliphatic rings. The van der Waals surface area contributed by atoms with Gasteiger partial charge in [0.05, 0.1) is 11.4 Å². The van der Waals surface area contributed by atoms with Gasteiger partial charge in [-0.2, -0.15) is 5.10 Å². The predicted octanol–water partition coefficient (Wildman–Crippen LogP) is 4.83. The van der Waals surface area contributed by atoms with Gasteiger partial charge in [-0.25, -0.2) is 18.4 Å². The van der Waals surface area contributed by atoms with Crippen molar-refractivity contribution < 1.29 is 8.42 Å². The average molecular weight is 467 g/mol. The number of nitrogens with one attached hydrogen (secondary N) is 3. The molecule has 0 fully saturated rings. The SMILES string of the molecule is CCS(=O)(=O)Nc1ccc(Sc2nc(Nc3cc(C)[nH]n3)cc(-c3ccccc3)n2)cc1. The number of benzene rings is 2. The van der Waals surface area contributed by atoms with E-state index in [0.29, 0.717) is 22.5 Å². The lowest BCUT2D eigenvalue weighted by Crippen LogP contribution is -2.14. The number of hydrogen-bond acceptors (Lipinski definition) is 7. The molecule has 0 unspecified atom stereocenters. The van der Waals surface area contributed by atoms with Gasteiger partial charge in [0.2, 0.25) is 10.0 Å². The number of aromatic amines is 1. The molecule has 4 aromatic rings. The Labute approximate surface area is 191 Å². The Balaban J connectivity index is 1.61. The fourth-order valence-electron chi connectivity index (χ4n) is 2.85. The second-order valence-corrected chi connectivity index (χ2v) is 10.0. The molecular weight excluding hydrogens is 444 g/mol. The number of aryl methyl sites for hydroxylation is 1. The number of hydrogen-bond donors (Lipinski definition) is 3. The second-order valence-electron chi connectivity index (χ2n) is 6.98. The molecule has 32 heavy (non-hydrogen) atoms. The molecule has 0 atom stereocenters. The number of sulfonamides is 1. The van der Waals surface area contributed by atoms with E-state index in [1.165, 1.54) is 11.8 Å². The van der Waals surface area contributed by atoms with E-state index >= 15 is 0 Å². The van der Waals surface area contributed by atoms with Crippen molar-refractivity contribution in [3.63, 3.8) is 0 Å². The summed E-state index contributed by atoms with van der Waals surface area (Å²) < 4.78 is 26.1. The maximum Gasteiger partial charge on any atom is 0.232 e. The molecule has 0 aliphatic heterocycles. The summed E-state index contributed by atoms with van der Waals surface area (Å²) in [6, 6.07) is 20.8. The van der Waals surface area contributed by atoms with Crippen LogP contribution in [0.15, 0.2) is 76.8 Å². The molecule has 2 aromatic heterocycles. The lowest BCUT2D eigenvalue weighted by molar-refractivity contribution is 0.602. The normalized spacial score (nSPS) is 11.3. The van der Waals surface area contributed by atoms with E-state index in [2.05, 4.69) is 25.2 Å². The summed E-state index contributed by atoms with van der Waals surface area (Å²) in [7, 11) is -3.31. The van der Waals surface area contributed by atoms with E-state index < -0.39 is 10.0 Å². The highest BCUT2D eigenvalue weighted by atomic mass is 32.2. The third-order valence-electron chi connectivity index (χ3n) is 4.45. The van der Waals surface area contributed by atoms with Gasteiger partial charge >= 0.3 is 0 Å². The van der Waals surface area contributed by atoms with Crippen LogP contribution in [-0.2, 0) is 10.0 Å². The zero-order chi connectivity index (χ0) is 22.6. The quantitative estimate of drug-likeness (QED) is 0.319. The maximum absolute atomic E-state index is 11.8. The first-order chi connectivity index (χ1) is 15.4. The highest BCUT2D eigenvalue weighted by molar-refractivity contribution is 7.99. The minimum atomic E-state index is -3.31. The molecule has 2 aromatic carbocycles. The third-order valence-corrected chi connectivity index (χ3v) is 6.63. The van der Waals surface area contributed by atoms with Gasteiger partial charge in [0.25, 0.3) is 0 Å². The highest BCUT2D eigenvalue weighted by Crippen LogP contribution is 2.30. The van der Waals surface area contributed by atoms with Crippen molar-refractivity contribution in [1.29, 1.82) is 0 Å². The van der Waals surface area contributed by atoms with Crippen LogP contribution >= 0.6 is 11.8 Å². The summed E-state index contributed by atoms with van der Waals surface area (Å²) in [4.78, 5) is 10.2. The standard InChI is InChI=1S/C22H22N6O2S2/c1-3-32(29,30)28-17-9-11-18(12-10-17)31-22-23-19(16-7-5-4-6-8-16)14-20(25-22)24-21-13-15(2)26-27-21/h4-14,28H,3H2,1-2H3,(H2,23,24,25,26,27). The van der Waals surface area contributed by atoms with E-state index in [4.69, 9.17) is 4.98 Å². The molecule has 8 nitrogen and oxygen atoms in total. The van der Waals surface area contributed by atoms with Crippen LogP contribution < -0.4 is 10.0 Å². The first kappa shape index (κ1) is 21.8. The Morgan fingerprint density at radius 2 is 1.72 bits per heavy atom. The molecule has 10 heteroatoms. The number of aromatic nitrogens is 4. The van der Waals surface area contributed by atoms with Crippen LogP contribution in [0.3, 0.4) is 0 Å². The second kappa shape index (κ2) is 9.41. The third kappa shape index (κ3) is 5.65. The van der Waals surface area contributed by atoms with E-state index in [1.807, 2.05) is 61.5 Å². The summed E-state index contributed by atoms with van der Waals surface area (Å²) in [6.07, 6.45) is 0. The van der Waals surface area contributed by atoms with Gasteiger partial charge in [-0.05, 0) is 49.9 Å². The molecule has 0 amide bonds. The van der Waals surface area contributed by atoms with Crippen molar-refractivity contribution in [3.05, 3.63) is 72.4 Å². The van der Waals surface area contributed by atoms with Crippen molar-refractivity contribution in [2.75, 3.05) is 15.8 Å².